The zero-order valence-corrected chi connectivity index (χ0v) is 13.5. The number of nitriles is 1. The molecule has 0 radical (unpaired) electrons. The Hall–Kier alpha value is -1.90. The SMILES string of the molecule is Cc1nsc(N2CCC(COCc3ccccc3)C2)c1C#N. The van der Waals surface area contributed by atoms with E-state index in [1.165, 1.54) is 17.1 Å². The molecule has 0 spiro atoms. The van der Waals surface area contributed by atoms with Crippen LogP contribution < -0.4 is 4.90 Å². The standard InChI is InChI=1S/C17H19N3OS/c1-13-16(9-18)17(22-19-13)20-8-7-15(10-20)12-21-11-14-5-3-2-4-6-14/h2-6,15H,7-8,10-12H2,1H3. The molecular weight excluding hydrogens is 294 g/mol. The van der Waals surface area contributed by atoms with Gasteiger partial charge in [0.25, 0.3) is 0 Å². The molecule has 1 aliphatic heterocycles. The number of benzene rings is 1. The molecule has 22 heavy (non-hydrogen) atoms. The summed E-state index contributed by atoms with van der Waals surface area (Å²) in [5.74, 6) is 0.526. The lowest BCUT2D eigenvalue weighted by atomic mass is 10.1. The second-order valence-corrected chi connectivity index (χ2v) is 6.41. The molecule has 1 aliphatic rings. The molecule has 4 nitrogen and oxygen atoms in total. The minimum absolute atomic E-state index is 0.526. The van der Waals surface area contributed by atoms with Gasteiger partial charge in [0.2, 0.25) is 0 Å². The summed E-state index contributed by atoms with van der Waals surface area (Å²) in [6.45, 7) is 5.27. The minimum Gasteiger partial charge on any atom is -0.376 e. The predicted octanol–water partition coefficient (Wildman–Crippen LogP) is 3.37. The molecular formula is C17H19N3OS. The zero-order valence-electron chi connectivity index (χ0n) is 12.7. The van der Waals surface area contributed by atoms with Crippen LogP contribution in [-0.2, 0) is 11.3 Å². The molecule has 114 valence electrons. The number of hydrogen-bond acceptors (Lipinski definition) is 5. The van der Waals surface area contributed by atoms with Gasteiger partial charge in [0, 0.05) is 19.0 Å². The van der Waals surface area contributed by atoms with E-state index in [9.17, 15) is 5.26 Å². The molecule has 1 unspecified atom stereocenters. The number of nitrogens with zero attached hydrogens (tertiary/aromatic N) is 3. The van der Waals surface area contributed by atoms with Crippen LogP contribution in [0.1, 0.15) is 23.2 Å². The molecule has 0 bridgehead atoms. The highest BCUT2D eigenvalue weighted by molar-refractivity contribution is 7.10. The highest BCUT2D eigenvalue weighted by atomic mass is 32.1. The van der Waals surface area contributed by atoms with Crippen LogP contribution in [0.2, 0.25) is 0 Å². The lowest BCUT2D eigenvalue weighted by molar-refractivity contribution is 0.0929. The number of anilines is 1. The van der Waals surface area contributed by atoms with Crippen LogP contribution in [0.15, 0.2) is 30.3 Å². The number of ether oxygens (including phenoxy) is 1. The van der Waals surface area contributed by atoms with Crippen LogP contribution in [0.4, 0.5) is 5.00 Å². The molecule has 0 aliphatic carbocycles. The van der Waals surface area contributed by atoms with Crippen molar-refractivity contribution in [3.05, 3.63) is 47.2 Å². The van der Waals surface area contributed by atoms with Crippen molar-refractivity contribution in [1.29, 1.82) is 5.26 Å². The average molecular weight is 313 g/mol. The van der Waals surface area contributed by atoms with Gasteiger partial charge in [0.1, 0.15) is 16.6 Å². The predicted molar refractivity (Wildman–Crippen MR) is 88.0 cm³/mol. The van der Waals surface area contributed by atoms with E-state index in [0.717, 1.165) is 42.4 Å². The number of hydrogen-bond donors (Lipinski definition) is 0. The molecule has 1 aromatic heterocycles. The summed E-state index contributed by atoms with van der Waals surface area (Å²) in [4.78, 5) is 2.28. The van der Waals surface area contributed by atoms with Gasteiger partial charge in [-0.3, -0.25) is 0 Å². The molecule has 1 fully saturated rings. The number of aryl methyl sites for hydroxylation is 1. The van der Waals surface area contributed by atoms with E-state index in [2.05, 4.69) is 27.5 Å². The van der Waals surface area contributed by atoms with Gasteiger partial charge in [0.05, 0.1) is 18.9 Å². The van der Waals surface area contributed by atoms with Crippen molar-refractivity contribution in [1.82, 2.24) is 4.37 Å². The lowest BCUT2D eigenvalue weighted by Crippen LogP contribution is -2.21. The van der Waals surface area contributed by atoms with Crippen LogP contribution >= 0.6 is 11.5 Å². The van der Waals surface area contributed by atoms with Crippen molar-refractivity contribution in [2.24, 2.45) is 5.92 Å². The third-order valence-electron chi connectivity index (χ3n) is 3.99. The van der Waals surface area contributed by atoms with Crippen molar-refractivity contribution in [3.63, 3.8) is 0 Å². The first kappa shape index (κ1) is 15.0. The van der Waals surface area contributed by atoms with Crippen LogP contribution in [-0.4, -0.2) is 24.1 Å². The van der Waals surface area contributed by atoms with E-state index >= 15 is 0 Å². The Labute approximate surface area is 135 Å². The smallest absolute Gasteiger partial charge is 0.130 e. The van der Waals surface area contributed by atoms with E-state index in [0.29, 0.717) is 12.5 Å². The quantitative estimate of drug-likeness (QED) is 0.849. The maximum atomic E-state index is 9.25. The van der Waals surface area contributed by atoms with Crippen molar-refractivity contribution >= 4 is 16.5 Å². The van der Waals surface area contributed by atoms with Gasteiger partial charge < -0.3 is 9.64 Å². The minimum atomic E-state index is 0.526. The maximum Gasteiger partial charge on any atom is 0.130 e. The first-order valence-electron chi connectivity index (χ1n) is 7.51. The third-order valence-corrected chi connectivity index (χ3v) is 5.00. The highest BCUT2D eigenvalue weighted by Crippen LogP contribution is 2.32. The van der Waals surface area contributed by atoms with Gasteiger partial charge in [-0.2, -0.15) is 9.64 Å². The Bertz CT molecular complexity index is 662. The van der Waals surface area contributed by atoms with Gasteiger partial charge in [-0.25, -0.2) is 0 Å². The highest BCUT2D eigenvalue weighted by Gasteiger charge is 2.26. The lowest BCUT2D eigenvalue weighted by Gasteiger charge is -2.16. The fourth-order valence-corrected chi connectivity index (χ4v) is 3.65. The van der Waals surface area contributed by atoms with Gasteiger partial charge in [0.15, 0.2) is 0 Å². The second-order valence-electron chi connectivity index (χ2n) is 5.66. The average Bonchev–Trinajstić information content (AvgIpc) is 3.14. The third kappa shape index (κ3) is 3.29. The van der Waals surface area contributed by atoms with Gasteiger partial charge in [-0.05, 0) is 30.4 Å². The molecule has 1 aromatic carbocycles. The van der Waals surface area contributed by atoms with E-state index in [1.54, 1.807) is 0 Å². The molecule has 5 heteroatoms. The molecule has 0 amide bonds. The monoisotopic (exact) mass is 313 g/mol. The Morgan fingerprint density at radius 2 is 2.23 bits per heavy atom. The first-order valence-corrected chi connectivity index (χ1v) is 8.28. The summed E-state index contributed by atoms with van der Waals surface area (Å²) in [6, 6.07) is 12.5. The van der Waals surface area contributed by atoms with E-state index in [-0.39, 0.29) is 0 Å². The Balaban J connectivity index is 1.51. The number of rotatable bonds is 5. The molecule has 1 saturated heterocycles. The van der Waals surface area contributed by atoms with E-state index in [1.807, 2.05) is 25.1 Å². The van der Waals surface area contributed by atoms with Gasteiger partial charge in [-0.1, -0.05) is 30.3 Å². The Kier molecular flexibility index (Phi) is 4.71. The number of aromatic nitrogens is 1. The summed E-state index contributed by atoms with van der Waals surface area (Å²) < 4.78 is 10.2. The Morgan fingerprint density at radius 1 is 1.41 bits per heavy atom. The molecule has 2 aromatic rings. The molecule has 2 heterocycles. The maximum absolute atomic E-state index is 9.25. The molecule has 0 N–H and O–H groups in total. The fourth-order valence-electron chi connectivity index (χ4n) is 2.77. The molecule has 3 rings (SSSR count). The molecule has 1 atom stereocenters. The van der Waals surface area contributed by atoms with Gasteiger partial charge in [-0.15, -0.1) is 0 Å². The van der Waals surface area contributed by atoms with Crippen molar-refractivity contribution < 1.29 is 4.74 Å². The van der Waals surface area contributed by atoms with Crippen LogP contribution in [0.3, 0.4) is 0 Å². The van der Waals surface area contributed by atoms with Crippen LogP contribution in [0, 0.1) is 24.2 Å². The van der Waals surface area contributed by atoms with Crippen LogP contribution in [0.5, 0.6) is 0 Å². The van der Waals surface area contributed by atoms with Crippen molar-refractivity contribution in [3.8, 4) is 6.07 Å². The summed E-state index contributed by atoms with van der Waals surface area (Å²) in [5, 5.41) is 10.3. The van der Waals surface area contributed by atoms with E-state index < -0.39 is 0 Å². The molecule has 0 saturated carbocycles. The van der Waals surface area contributed by atoms with Crippen LogP contribution in [0.25, 0.3) is 0 Å². The summed E-state index contributed by atoms with van der Waals surface area (Å²) in [6.07, 6.45) is 1.11. The second kappa shape index (κ2) is 6.91. The van der Waals surface area contributed by atoms with Gasteiger partial charge >= 0.3 is 0 Å². The zero-order chi connectivity index (χ0) is 15.4. The summed E-state index contributed by atoms with van der Waals surface area (Å²) in [5.41, 5.74) is 2.78. The fraction of sp³-hybridized carbons (Fsp3) is 0.412. The normalized spacial score (nSPS) is 17.6. The first-order chi connectivity index (χ1) is 10.8. The van der Waals surface area contributed by atoms with E-state index in [4.69, 9.17) is 4.74 Å². The topological polar surface area (TPSA) is 49.2 Å². The summed E-state index contributed by atoms with van der Waals surface area (Å²) >= 11 is 1.43. The van der Waals surface area contributed by atoms with Crippen molar-refractivity contribution in [2.75, 3.05) is 24.6 Å². The Morgan fingerprint density at radius 3 is 3.00 bits per heavy atom. The largest absolute Gasteiger partial charge is 0.376 e. The van der Waals surface area contributed by atoms with Crippen molar-refractivity contribution in [2.45, 2.75) is 20.0 Å². The summed E-state index contributed by atoms with van der Waals surface area (Å²) in [7, 11) is 0.